The molecule has 1 aromatic carbocycles. The Kier molecular flexibility index (Phi) is 4.39. The van der Waals surface area contributed by atoms with Gasteiger partial charge in [-0.25, -0.2) is 14.2 Å². The minimum absolute atomic E-state index is 0.119. The third-order valence-corrected chi connectivity index (χ3v) is 8.26. The molecular formula is C21H27BrFNO4. The van der Waals surface area contributed by atoms with Gasteiger partial charge in [0, 0.05) is 18.0 Å². The van der Waals surface area contributed by atoms with Gasteiger partial charge in [0.1, 0.15) is 12.0 Å². The fourth-order valence-electron chi connectivity index (χ4n) is 5.79. The van der Waals surface area contributed by atoms with Gasteiger partial charge < -0.3 is 14.8 Å². The van der Waals surface area contributed by atoms with E-state index in [1.807, 2.05) is 13.0 Å². The van der Waals surface area contributed by atoms with Crippen molar-refractivity contribution in [3.8, 4) is 0 Å². The van der Waals surface area contributed by atoms with Crippen molar-refractivity contribution >= 4 is 21.6 Å². The van der Waals surface area contributed by atoms with Crippen LogP contribution in [-0.2, 0) is 19.2 Å². The van der Waals surface area contributed by atoms with Crippen LogP contribution in [0.1, 0.15) is 46.5 Å². The van der Waals surface area contributed by atoms with E-state index in [2.05, 4.69) is 35.1 Å². The van der Waals surface area contributed by atoms with Crippen LogP contribution < -0.4 is 5.32 Å². The van der Waals surface area contributed by atoms with Crippen LogP contribution in [0.25, 0.3) is 0 Å². The molecule has 4 saturated heterocycles. The van der Waals surface area contributed by atoms with Crippen molar-refractivity contribution in [2.45, 2.75) is 74.7 Å². The Morgan fingerprint density at radius 2 is 2.00 bits per heavy atom. The molecule has 1 aromatic rings. The van der Waals surface area contributed by atoms with Crippen LogP contribution in [0.15, 0.2) is 24.3 Å². The molecule has 0 unspecified atom stereocenters. The molecule has 0 amide bonds. The van der Waals surface area contributed by atoms with Crippen molar-refractivity contribution in [2.75, 3.05) is 5.32 Å². The highest BCUT2D eigenvalue weighted by Gasteiger charge is 2.72. The lowest BCUT2D eigenvalue weighted by molar-refractivity contribution is -0.568. The van der Waals surface area contributed by atoms with E-state index in [9.17, 15) is 4.39 Å². The largest absolute Gasteiger partial charge is 0.359 e. The third kappa shape index (κ3) is 2.70. The summed E-state index contributed by atoms with van der Waals surface area (Å²) in [6.45, 7) is 6.32. The van der Waals surface area contributed by atoms with Crippen molar-refractivity contribution in [2.24, 2.45) is 17.8 Å². The van der Waals surface area contributed by atoms with Gasteiger partial charge in [0.15, 0.2) is 11.9 Å². The molecule has 1 saturated carbocycles. The van der Waals surface area contributed by atoms with Gasteiger partial charge in [-0.3, -0.25) is 0 Å². The molecule has 5 aliphatic rings. The fourth-order valence-corrected chi connectivity index (χ4v) is 6.60. The maximum absolute atomic E-state index is 13.7. The SMILES string of the molecule is C[C@@H]1CC[C@H]2[C@@](C)(Br)[C@@H](Nc3cccc(F)c3)O[C@@H]3O[C@@]4(C)CC[C@@H]1[C@]32OO4. The van der Waals surface area contributed by atoms with E-state index in [1.54, 1.807) is 6.07 Å². The van der Waals surface area contributed by atoms with Crippen molar-refractivity contribution in [3.63, 3.8) is 0 Å². The summed E-state index contributed by atoms with van der Waals surface area (Å²) >= 11 is 3.96. The second-order valence-electron chi connectivity index (χ2n) is 9.18. The summed E-state index contributed by atoms with van der Waals surface area (Å²) in [6.07, 6.45) is 2.91. The summed E-state index contributed by atoms with van der Waals surface area (Å²) in [4.78, 5) is 12.0. The molecule has 1 spiro atoms. The van der Waals surface area contributed by atoms with Gasteiger partial charge in [0.25, 0.3) is 0 Å². The summed E-state index contributed by atoms with van der Waals surface area (Å²) in [7, 11) is 0. The maximum atomic E-state index is 13.7. The molecule has 1 aliphatic carbocycles. The minimum Gasteiger partial charge on any atom is -0.359 e. The van der Waals surface area contributed by atoms with Crippen LogP contribution in [0, 0.1) is 23.6 Å². The number of fused-ring (bicyclic) bond motifs is 2. The number of anilines is 1. The molecule has 8 atom stereocenters. The average Bonchev–Trinajstić information content (AvgIpc) is 2.86. The van der Waals surface area contributed by atoms with Gasteiger partial charge >= 0.3 is 0 Å². The number of nitrogens with one attached hydrogen (secondary N) is 1. The van der Waals surface area contributed by atoms with Gasteiger partial charge in [-0.05, 0) is 63.1 Å². The fraction of sp³-hybridized carbons (Fsp3) is 0.714. The van der Waals surface area contributed by atoms with Gasteiger partial charge in [0.2, 0.25) is 5.79 Å². The topological polar surface area (TPSA) is 49.0 Å². The molecule has 4 aliphatic heterocycles. The van der Waals surface area contributed by atoms with Crippen molar-refractivity contribution in [1.82, 2.24) is 0 Å². The third-order valence-electron chi connectivity index (χ3n) is 7.29. The van der Waals surface area contributed by atoms with Crippen LogP contribution in [0.3, 0.4) is 0 Å². The molecule has 0 radical (unpaired) electrons. The van der Waals surface area contributed by atoms with E-state index in [1.165, 1.54) is 12.1 Å². The van der Waals surface area contributed by atoms with E-state index in [4.69, 9.17) is 19.2 Å². The monoisotopic (exact) mass is 455 g/mol. The highest BCUT2D eigenvalue weighted by molar-refractivity contribution is 9.10. The van der Waals surface area contributed by atoms with Crippen LogP contribution in [0.5, 0.6) is 0 Å². The van der Waals surface area contributed by atoms with Crippen LogP contribution in [0.2, 0.25) is 0 Å². The summed E-state index contributed by atoms with van der Waals surface area (Å²) < 4.78 is 26.1. The van der Waals surface area contributed by atoms with Gasteiger partial charge in [-0.1, -0.05) is 28.9 Å². The Balaban J connectivity index is 1.54. The van der Waals surface area contributed by atoms with E-state index < -0.39 is 28.2 Å². The zero-order chi connectivity index (χ0) is 19.7. The Morgan fingerprint density at radius 1 is 1.18 bits per heavy atom. The Morgan fingerprint density at radius 3 is 2.79 bits per heavy atom. The first kappa shape index (κ1) is 19.2. The second kappa shape index (κ2) is 6.38. The zero-order valence-electron chi connectivity index (χ0n) is 16.4. The predicted molar refractivity (Wildman–Crippen MR) is 105 cm³/mol. The number of rotatable bonds is 2. The number of halogens is 2. The highest BCUT2D eigenvalue weighted by Crippen LogP contribution is 2.63. The minimum atomic E-state index is -0.805. The normalized spacial score (nSPS) is 50.0. The van der Waals surface area contributed by atoms with Crippen molar-refractivity contribution < 1.29 is 23.6 Å². The molecule has 1 N–H and O–H groups in total. The summed E-state index contributed by atoms with van der Waals surface area (Å²) in [6, 6.07) is 6.44. The number of benzene rings is 1. The molecule has 154 valence electrons. The van der Waals surface area contributed by atoms with E-state index >= 15 is 0 Å². The molecule has 6 rings (SSSR count). The molecule has 2 bridgehead atoms. The Hall–Kier alpha value is -0.730. The first-order valence-electron chi connectivity index (χ1n) is 10.2. The van der Waals surface area contributed by atoms with Crippen molar-refractivity contribution in [1.29, 1.82) is 0 Å². The lowest BCUT2D eigenvalue weighted by atomic mass is 9.58. The summed E-state index contributed by atoms with van der Waals surface area (Å²) in [5.41, 5.74) is 0.0287. The predicted octanol–water partition coefficient (Wildman–Crippen LogP) is 4.96. The molecular weight excluding hydrogens is 429 g/mol. The lowest BCUT2D eigenvalue weighted by Gasteiger charge is -2.62. The number of hydrogen-bond donors (Lipinski definition) is 1. The Bertz CT molecular complexity index is 779. The van der Waals surface area contributed by atoms with Gasteiger partial charge in [-0.2, -0.15) is 0 Å². The standard InChI is InChI=1S/C21H27BrFNO4/c1-12-7-8-16-20(3,22)17(24-14-6-4-5-13(23)11-14)25-18-21(16)15(12)9-10-19(2,26-18)27-28-21/h4-6,11-12,15-18,24H,7-10H2,1-3H3/t12-,15+,16+,17+,18-,19-,20-,21-/m1/s1. The Labute approximate surface area is 173 Å². The molecule has 7 heteroatoms. The van der Waals surface area contributed by atoms with Crippen LogP contribution in [0.4, 0.5) is 10.1 Å². The van der Waals surface area contributed by atoms with Gasteiger partial charge in [0.05, 0.1) is 4.32 Å². The first-order chi connectivity index (χ1) is 13.2. The van der Waals surface area contributed by atoms with Gasteiger partial charge in [-0.15, -0.1) is 0 Å². The molecule has 5 nitrogen and oxygen atoms in total. The molecule has 5 fully saturated rings. The van der Waals surface area contributed by atoms with E-state index in [0.29, 0.717) is 17.5 Å². The van der Waals surface area contributed by atoms with E-state index in [0.717, 1.165) is 25.7 Å². The molecule has 4 heterocycles. The highest BCUT2D eigenvalue weighted by atomic mass is 79.9. The number of hydrogen-bond acceptors (Lipinski definition) is 5. The number of ether oxygens (including phenoxy) is 2. The first-order valence-corrected chi connectivity index (χ1v) is 10.9. The van der Waals surface area contributed by atoms with Crippen LogP contribution in [-0.4, -0.2) is 28.2 Å². The average molecular weight is 456 g/mol. The summed E-state index contributed by atoms with van der Waals surface area (Å²) in [5, 5.41) is 3.36. The smallest absolute Gasteiger partial charge is 0.201 e. The zero-order valence-corrected chi connectivity index (χ0v) is 18.0. The van der Waals surface area contributed by atoms with E-state index in [-0.39, 0.29) is 11.7 Å². The van der Waals surface area contributed by atoms with Crippen LogP contribution >= 0.6 is 15.9 Å². The second-order valence-corrected chi connectivity index (χ2v) is 10.9. The lowest BCUT2D eigenvalue weighted by Crippen LogP contribution is -2.74. The van der Waals surface area contributed by atoms with Crippen molar-refractivity contribution in [3.05, 3.63) is 30.1 Å². The molecule has 28 heavy (non-hydrogen) atoms. The maximum Gasteiger partial charge on any atom is 0.201 e. The summed E-state index contributed by atoms with van der Waals surface area (Å²) in [5.74, 6) is -0.164. The number of alkyl halides is 1. The molecule has 0 aromatic heterocycles. The quantitative estimate of drug-likeness (QED) is 0.504.